The molecule has 0 spiro atoms. The topological polar surface area (TPSA) is 76.7 Å². The van der Waals surface area contributed by atoms with Crippen LogP contribution in [0.5, 0.6) is 11.5 Å². The maximum atomic E-state index is 12.3. The van der Waals surface area contributed by atoms with Gasteiger partial charge < -0.3 is 9.47 Å². The molecule has 162 valence electrons. The number of rotatable bonds is 7. The average molecular weight is 421 g/mol. The van der Waals surface area contributed by atoms with Gasteiger partial charge in [-0.15, -0.1) is 0 Å². The van der Waals surface area contributed by atoms with E-state index in [1.807, 2.05) is 67.6 Å². The van der Waals surface area contributed by atoms with Crippen molar-refractivity contribution in [2.45, 2.75) is 39.7 Å². The second-order valence-corrected chi connectivity index (χ2v) is 7.79. The van der Waals surface area contributed by atoms with E-state index in [-0.39, 0.29) is 12.5 Å². The molecule has 0 aliphatic heterocycles. The number of hydrogen-bond donors (Lipinski definition) is 2. The minimum Gasteiger partial charge on any atom is -0.483 e. The molecule has 3 aromatic carbocycles. The molecule has 1 unspecified atom stereocenters. The summed E-state index contributed by atoms with van der Waals surface area (Å²) in [6, 6.07) is 19.4. The summed E-state index contributed by atoms with van der Waals surface area (Å²) in [5.41, 5.74) is 6.83. The van der Waals surface area contributed by atoms with Crippen LogP contribution in [0.15, 0.2) is 60.7 Å². The molecule has 0 bridgehead atoms. The highest BCUT2D eigenvalue weighted by atomic mass is 16.5. The van der Waals surface area contributed by atoms with Gasteiger partial charge in [0.15, 0.2) is 12.7 Å². The highest BCUT2D eigenvalue weighted by Crippen LogP contribution is 2.27. The number of hydrogen-bond acceptors (Lipinski definition) is 4. The van der Waals surface area contributed by atoms with E-state index in [0.717, 1.165) is 21.9 Å². The molecule has 6 nitrogen and oxygen atoms in total. The van der Waals surface area contributed by atoms with Crippen LogP contribution >= 0.6 is 0 Å². The summed E-state index contributed by atoms with van der Waals surface area (Å²) in [6.45, 7) is 7.51. The summed E-state index contributed by atoms with van der Waals surface area (Å²) >= 11 is 0. The number of aryl methyl sites for hydroxylation is 1. The van der Waals surface area contributed by atoms with E-state index in [1.54, 1.807) is 6.92 Å². The van der Waals surface area contributed by atoms with Gasteiger partial charge in [-0.2, -0.15) is 0 Å². The van der Waals surface area contributed by atoms with Crippen LogP contribution in [0.25, 0.3) is 10.8 Å². The number of fused-ring (bicyclic) bond motifs is 1. The highest BCUT2D eigenvalue weighted by molar-refractivity contribution is 5.86. The fourth-order valence-electron chi connectivity index (χ4n) is 3.15. The van der Waals surface area contributed by atoms with Crippen LogP contribution in [-0.4, -0.2) is 24.5 Å². The first-order valence-electron chi connectivity index (χ1n) is 10.3. The Labute approximate surface area is 182 Å². The lowest BCUT2D eigenvalue weighted by Gasteiger charge is -2.17. The zero-order valence-electron chi connectivity index (χ0n) is 18.3. The van der Waals surface area contributed by atoms with Crippen molar-refractivity contribution in [3.8, 4) is 11.5 Å². The largest absolute Gasteiger partial charge is 0.483 e. The summed E-state index contributed by atoms with van der Waals surface area (Å²) in [5.74, 6) is 0.607. The Morgan fingerprint density at radius 3 is 2.39 bits per heavy atom. The maximum Gasteiger partial charge on any atom is 0.279 e. The lowest BCUT2D eigenvalue weighted by atomic mass is 10.0. The lowest BCUT2D eigenvalue weighted by Crippen LogP contribution is -2.48. The first-order chi connectivity index (χ1) is 14.8. The first-order valence-corrected chi connectivity index (χ1v) is 10.3. The Hall–Kier alpha value is -3.54. The highest BCUT2D eigenvalue weighted by Gasteiger charge is 2.16. The van der Waals surface area contributed by atoms with Crippen molar-refractivity contribution in [1.82, 2.24) is 10.9 Å². The molecule has 0 fully saturated rings. The quantitative estimate of drug-likeness (QED) is 0.560. The van der Waals surface area contributed by atoms with Crippen molar-refractivity contribution in [2.24, 2.45) is 0 Å². The van der Waals surface area contributed by atoms with Crippen molar-refractivity contribution in [2.75, 3.05) is 6.61 Å². The summed E-state index contributed by atoms with van der Waals surface area (Å²) in [7, 11) is 0. The number of hydrazine groups is 1. The Balaban J connectivity index is 1.49. The van der Waals surface area contributed by atoms with Gasteiger partial charge in [-0.3, -0.25) is 20.4 Å². The molecule has 1 atom stereocenters. The number of carbonyl (C=O) groups is 2. The molecule has 31 heavy (non-hydrogen) atoms. The molecule has 0 saturated heterocycles. The van der Waals surface area contributed by atoms with E-state index in [0.29, 0.717) is 11.5 Å². The molecular formula is C25H28N2O4. The summed E-state index contributed by atoms with van der Waals surface area (Å²) in [6.07, 6.45) is -0.785. The molecule has 0 radical (unpaired) electrons. The van der Waals surface area contributed by atoms with Crippen LogP contribution in [0.2, 0.25) is 0 Å². The third-order valence-corrected chi connectivity index (χ3v) is 4.88. The predicted molar refractivity (Wildman–Crippen MR) is 121 cm³/mol. The molecule has 0 aliphatic carbocycles. The minimum atomic E-state index is -0.785. The smallest absolute Gasteiger partial charge is 0.279 e. The summed E-state index contributed by atoms with van der Waals surface area (Å²) in [4.78, 5) is 24.4. The van der Waals surface area contributed by atoms with Gasteiger partial charge in [-0.25, -0.2) is 0 Å². The van der Waals surface area contributed by atoms with Crippen molar-refractivity contribution < 1.29 is 19.1 Å². The van der Waals surface area contributed by atoms with Crippen LogP contribution in [0.4, 0.5) is 0 Å². The summed E-state index contributed by atoms with van der Waals surface area (Å²) in [5, 5.41) is 2.11. The molecular weight excluding hydrogens is 392 g/mol. The van der Waals surface area contributed by atoms with Gasteiger partial charge in [0, 0.05) is 0 Å². The van der Waals surface area contributed by atoms with E-state index in [4.69, 9.17) is 9.47 Å². The zero-order valence-corrected chi connectivity index (χ0v) is 18.3. The maximum absolute atomic E-state index is 12.3. The van der Waals surface area contributed by atoms with Gasteiger partial charge in [0.25, 0.3) is 11.8 Å². The van der Waals surface area contributed by atoms with Crippen LogP contribution in [0, 0.1) is 6.92 Å². The number of carbonyl (C=O) groups excluding carboxylic acids is 2. The third-order valence-electron chi connectivity index (χ3n) is 4.88. The van der Waals surface area contributed by atoms with Crippen LogP contribution < -0.4 is 20.3 Å². The molecule has 2 amide bonds. The minimum absolute atomic E-state index is 0.205. The van der Waals surface area contributed by atoms with E-state index < -0.39 is 17.9 Å². The Morgan fingerprint density at radius 2 is 1.65 bits per heavy atom. The van der Waals surface area contributed by atoms with Crippen LogP contribution in [-0.2, 0) is 9.59 Å². The molecule has 0 heterocycles. The predicted octanol–water partition coefficient (Wildman–Crippen LogP) is 4.27. The van der Waals surface area contributed by atoms with Gasteiger partial charge in [0.05, 0.1) is 0 Å². The van der Waals surface area contributed by atoms with Gasteiger partial charge in [0.2, 0.25) is 0 Å². The fraction of sp³-hybridized carbons (Fsp3) is 0.280. The normalized spacial score (nSPS) is 11.8. The SMILES string of the molecule is Cc1ccc(C(C)C)c(OCC(=O)NNC(=O)C(C)Oc2ccc3ccccc3c2)c1. The lowest BCUT2D eigenvalue weighted by molar-refractivity contribution is -0.133. The second-order valence-electron chi connectivity index (χ2n) is 7.79. The van der Waals surface area contributed by atoms with E-state index in [2.05, 4.69) is 24.7 Å². The molecule has 3 rings (SSSR count). The van der Waals surface area contributed by atoms with Crippen molar-refractivity contribution in [3.63, 3.8) is 0 Å². The van der Waals surface area contributed by atoms with Gasteiger partial charge in [-0.1, -0.05) is 56.3 Å². The molecule has 6 heteroatoms. The third kappa shape index (κ3) is 5.98. The van der Waals surface area contributed by atoms with Crippen molar-refractivity contribution >= 4 is 22.6 Å². The Morgan fingerprint density at radius 1 is 0.903 bits per heavy atom. The Kier molecular flexibility index (Phi) is 7.13. The number of amides is 2. The fourth-order valence-corrected chi connectivity index (χ4v) is 3.15. The Bertz CT molecular complexity index is 1080. The van der Waals surface area contributed by atoms with Gasteiger partial charge in [0.1, 0.15) is 11.5 Å². The van der Waals surface area contributed by atoms with E-state index >= 15 is 0 Å². The molecule has 2 N–H and O–H groups in total. The van der Waals surface area contributed by atoms with Crippen molar-refractivity contribution in [1.29, 1.82) is 0 Å². The molecule has 0 aliphatic rings. The second kappa shape index (κ2) is 9.98. The molecule has 3 aromatic rings. The standard InChI is InChI=1S/C25H28N2O4/c1-16(2)22-12-9-17(3)13-23(22)30-15-24(28)26-27-25(29)18(4)31-21-11-10-19-7-5-6-8-20(19)14-21/h5-14,16,18H,15H2,1-4H3,(H,26,28)(H,27,29). The van der Waals surface area contributed by atoms with Crippen LogP contribution in [0.1, 0.15) is 37.8 Å². The monoisotopic (exact) mass is 420 g/mol. The number of ether oxygens (including phenoxy) is 2. The van der Waals surface area contributed by atoms with E-state index in [1.165, 1.54) is 0 Å². The van der Waals surface area contributed by atoms with Gasteiger partial charge >= 0.3 is 0 Å². The average Bonchev–Trinajstić information content (AvgIpc) is 2.75. The van der Waals surface area contributed by atoms with Crippen LogP contribution in [0.3, 0.4) is 0 Å². The first kappa shape index (κ1) is 22.2. The molecule has 0 aromatic heterocycles. The van der Waals surface area contributed by atoms with E-state index in [9.17, 15) is 9.59 Å². The zero-order chi connectivity index (χ0) is 22.4. The van der Waals surface area contributed by atoms with Gasteiger partial charge in [-0.05, 0) is 59.9 Å². The number of nitrogens with one attached hydrogen (secondary N) is 2. The number of benzene rings is 3. The molecule has 0 saturated carbocycles. The summed E-state index contributed by atoms with van der Waals surface area (Å²) < 4.78 is 11.4. The van der Waals surface area contributed by atoms with Crippen molar-refractivity contribution in [3.05, 3.63) is 71.8 Å².